The number of primary amides is 1. The minimum Gasteiger partial charge on any atom is -0.463 e. The maximum atomic E-state index is 11.8. The van der Waals surface area contributed by atoms with Gasteiger partial charge in [-0.2, -0.15) is 0 Å². The quantitative estimate of drug-likeness (QED) is 0.834. The van der Waals surface area contributed by atoms with Crippen molar-refractivity contribution in [2.75, 3.05) is 6.61 Å². The van der Waals surface area contributed by atoms with E-state index in [1.807, 2.05) is 24.3 Å². The van der Waals surface area contributed by atoms with Gasteiger partial charge in [-0.3, -0.25) is 4.79 Å². The van der Waals surface area contributed by atoms with Crippen molar-refractivity contribution in [3.63, 3.8) is 0 Å². The lowest BCUT2D eigenvalue weighted by Crippen LogP contribution is -2.28. The van der Waals surface area contributed by atoms with Gasteiger partial charge in [-0.25, -0.2) is 4.79 Å². The van der Waals surface area contributed by atoms with Gasteiger partial charge in [0.15, 0.2) is 0 Å². The fraction of sp³-hybridized carbons (Fsp3) is 0.471. The van der Waals surface area contributed by atoms with Crippen LogP contribution in [0.1, 0.15) is 36.8 Å². The maximum Gasteiger partial charge on any atom is 0.350 e. The monoisotopic (exact) mass is 316 g/mol. The number of hydrogen-bond acceptors (Lipinski definition) is 5. The summed E-state index contributed by atoms with van der Waals surface area (Å²) in [5.41, 5.74) is 8.64. The average molecular weight is 316 g/mol. The molecule has 0 saturated heterocycles. The molecule has 2 N–H and O–H groups in total. The molecule has 1 aliphatic carbocycles. The van der Waals surface area contributed by atoms with E-state index in [1.165, 1.54) is 0 Å². The Balaban J connectivity index is 1.72. The molecular weight excluding hydrogens is 296 g/mol. The molecule has 0 radical (unpaired) electrons. The van der Waals surface area contributed by atoms with Crippen molar-refractivity contribution in [1.29, 1.82) is 0 Å². The van der Waals surface area contributed by atoms with Crippen molar-refractivity contribution in [3.05, 3.63) is 35.4 Å². The number of ether oxygens (including phenoxy) is 1. The number of carbonyl (C=O) groups is 2. The van der Waals surface area contributed by atoms with Crippen LogP contribution in [0.4, 0.5) is 0 Å². The van der Waals surface area contributed by atoms with Gasteiger partial charge in [0.25, 0.3) is 0 Å². The van der Waals surface area contributed by atoms with E-state index in [9.17, 15) is 9.59 Å². The van der Waals surface area contributed by atoms with Crippen LogP contribution in [-0.4, -0.2) is 30.3 Å². The molecule has 3 atom stereocenters. The lowest BCUT2D eigenvalue weighted by atomic mass is 9.86. The molecule has 0 spiro atoms. The molecule has 0 bridgehead atoms. The lowest BCUT2D eigenvalue weighted by Gasteiger charge is -2.17. The number of fused-ring (bicyclic) bond motifs is 1. The van der Waals surface area contributed by atoms with E-state index in [2.05, 4.69) is 5.16 Å². The topological polar surface area (TPSA) is 91.0 Å². The highest BCUT2D eigenvalue weighted by molar-refractivity contribution is 5.92. The zero-order chi connectivity index (χ0) is 16.4. The molecule has 0 saturated carbocycles. The third-order valence-electron chi connectivity index (χ3n) is 4.48. The predicted octanol–water partition coefficient (Wildman–Crippen LogP) is 1.53. The summed E-state index contributed by atoms with van der Waals surface area (Å²) < 4.78 is 4.95. The molecule has 1 aromatic carbocycles. The van der Waals surface area contributed by atoms with Gasteiger partial charge < -0.3 is 15.3 Å². The largest absolute Gasteiger partial charge is 0.463 e. The Labute approximate surface area is 134 Å². The Hall–Kier alpha value is -2.37. The van der Waals surface area contributed by atoms with Crippen LogP contribution < -0.4 is 5.73 Å². The number of amides is 1. The first-order valence-corrected chi connectivity index (χ1v) is 7.85. The minimum atomic E-state index is -0.673. The summed E-state index contributed by atoms with van der Waals surface area (Å²) in [7, 11) is 0. The van der Waals surface area contributed by atoms with Crippen LogP contribution in [0.2, 0.25) is 0 Å². The molecular formula is C17H20N2O4. The Bertz CT molecular complexity index is 656. The Morgan fingerprint density at radius 1 is 1.35 bits per heavy atom. The third kappa shape index (κ3) is 3.06. The molecule has 6 nitrogen and oxygen atoms in total. The van der Waals surface area contributed by atoms with Crippen molar-refractivity contribution in [3.8, 4) is 0 Å². The summed E-state index contributed by atoms with van der Waals surface area (Å²) >= 11 is 0. The first-order chi connectivity index (χ1) is 11.1. The van der Waals surface area contributed by atoms with E-state index in [1.54, 1.807) is 6.92 Å². The number of nitrogens with two attached hydrogens (primary N) is 1. The lowest BCUT2D eigenvalue weighted by molar-refractivity contribution is -0.154. The number of esters is 1. The Morgan fingerprint density at radius 2 is 2.13 bits per heavy atom. The zero-order valence-electron chi connectivity index (χ0n) is 13.0. The van der Waals surface area contributed by atoms with Crippen molar-refractivity contribution in [1.82, 2.24) is 0 Å². The van der Waals surface area contributed by atoms with Crippen molar-refractivity contribution < 1.29 is 19.2 Å². The number of benzene rings is 1. The molecule has 1 aromatic rings. The van der Waals surface area contributed by atoms with Gasteiger partial charge in [-0.05, 0) is 30.9 Å². The van der Waals surface area contributed by atoms with Gasteiger partial charge in [-0.15, -0.1) is 0 Å². The van der Waals surface area contributed by atoms with Gasteiger partial charge >= 0.3 is 5.97 Å². The molecule has 2 aliphatic rings. The van der Waals surface area contributed by atoms with Crippen molar-refractivity contribution in [2.24, 2.45) is 16.8 Å². The summed E-state index contributed by atoms with van der Waals surface area (Å²) in [5.74, 6) is -0.944. The van der Waals surface area contributed by atoms with Gasteiger partial charge in [0, 0.05) is 18.3 Å². The summed E-state index contributed by atoms with van der Waals surface area (Å²) in [6.07, 6.45) is 0.961. The van der Waals surface area contributed by atoms with Crippen LogP contribution in [-0.2, 0) is 25.6 Å². The fourth-order valence-electron chi connectivity index (χ4n) is 3.39. The number of nitrogens with zero attached hydrogens (tertiary/aromatic N) is 1. The Morgan fingerprint density at radius 3 is 2.87 bits per heavy atom. The summed E-state index contributed by atoms with van der Waals surface area (Å²) in [6.45, 7) is 2.06. The van der Waals surface area contributed by atoms with Crippen LogP contribution >= 0.6 is 0 Å². The molecule has 0 aromatic heterocycles. The van der Waals surface area contributed by atoms with E-state index in [4.69, 9.17) is 15.3 Å². The van der Waals surface area contributed by atoms with Gasteiger partial charge in [0.1, 0.15) is 0 Å². The highest BCUT2D eigenvalue weighted by Gasteiger charge is 2.38. The van der Waals surface area contributed by atoms with Gasteiger partial charge in [-0.1, -0.05) is 29.4 Å². The van der Waals surface area contributed by atoms with E-state index < -0.39 is 12.1 Å². The molecule has 3 unspecified atom stereocenters. The molecule has 3 rings (SSSR count). The molecule has 1 aliphatic heterocycles. The second-order valence-corrected chi connectivity index (χ2v) is 5.93. The number of rotatable bonds is 5. The molecule has 0 fully saturated rings. The van der Waals surface area contributed by atoms with Gasteiger partial charge in [0.05, 0.1) is 12.3 Å². The summed E-state index contributed by atoms with van der Waals surface area (Å²) in [4.78, 5) is 28.7. The second-order valence-electron chi connectivity index (χ2n) is 5.93. The van der Waals surface area contributed by atoms with Gasteiger partial charge in [0.2, 0.25) is 12.0 Å². The van der Waals surface area contributed by atoms with E-state index >= 15 is 0 Å². The van der Waals surface area contributed by atoms with E-state index in [-0.39, 0.29) is 17.7 Å². The average Bonchev–Trinajstić information content (AvgIpc) is 3.13. The highest BCUT2D eigenvalue weighted by atomic mass is 16.7. The fourth-order valence-corrected chi connectivity index (χ4v) is 3.39. The smallest absolute Gasteiger partial charge is 0.350 e. The van der Waals surface area contributed by atoms with Crippen LogP contribution in [0, 0.1) is 5.92 Å². The summed E-state index contributed by atoms with van der Waals surface area (Å²) in [5, 5.41) is 4.01. The molecule has 6 heteroatoms. The molecule has 1 amide bonds. The molecule has 122 valence electrons. The van der Waals surface area contributed by atoms with E-state index in [0.717, 1.165) is 16.8 Å². The molecule has 1 heterocycles. The predicted molar refractivity (Wildman–Crippen MR) is 83.7 cm³/mol. The minimum absolute atomic E-state index is 0.00741. The first kappa shape index (κ1) is 15.5. The number of hydrogen-bond donors (Lipinski definition) is 1. The Kier molecular flexibility index (Phi) is 4.32. The summed E-state index contributed by atoms with van der Waals surface area (Å²) in [6, 6.07) is 7.98. The number of oxime groups is 1. The standard InChI is InChI=1S/C17H20N2O4/c1-2-22-17(21)15-9-11(19-23-15)8-13-12-6-4-3-5-10(12)7-14(13)16(18)20/h3-6,13-15H,2,7-9H2,1H3,(H2,18,20). The third-order valence-corrected chi connectivity index (χ3v) is 4.48. The maximum absolute atomic E-state index is 11.8. The molecule has 23 heavy (non-hydrogen) atoms. The van der Waals surface area contributed by atoms with E-state index in [0.29, 0.717) is 25.9 Å². The van der Waals surface area contributed by atoms with Crippen LogP contribution in [0.5, 0.6) is 0 Å². The SMILES string of the molecule is CCOC(=O)C1CC(CC2c3ccccc3CC2C(N)=O)=NO1. The van der Waals surface area contributed by atoms with Crippen LogP contribution in [0.15, 0.2) is 29.4 Å². The highest BCUT2D eigenvalue weighted by Crippen LogP contribution is 2.41. The first-order valence-electron chi connectivity index (χ1n) is 7.85. The normalized spacial score (nSPS) is 25.4. The van der Waals surface area contributed by atoms with Crippen LogP contribution in [0.3, 0.4) is 0 Å². The van der Waals surface area contributed by atoms with Crippen LogP contribution in [0.25, 0.3) is 0 Å². The number of carbonyl (C=O) groups excluding carboxylic acids is 2. The van der Waals surface area contributed by atoms with Crippen molar-refractivity contribution >= 4 is 17.6 Å². The second kappa shape index (κ2) is 6.40. The van der Waals surface area contributed by atoms with Crippen molar-refractivity contribution in [2.45, 2.75) is 38.2 Å². The zero-order valence-corrected chi connectivity index (χ0v) is 13.0.